The van der Waals surface area contributed by atoms with Crippen LogP contribution in [0.4, 0.5) is 5.69 Å². The number of carbonyl (C=O) groups excluding carboxylic acids is 1. The molecule has 1 saturated heterocycles. The van der Waals surface area contributed by atoms with E-state index in [9.17, 15) is 4.79 Å². The largest absolute Gasteiger partial charge is 0.489 e. The number of amides is 1. The fourth-order valence-electron chi connectivity index (χ4n) is 3.28. The molecule has 2 aromatic rings. The molecule has 4 rings (SSSR count). The topological polar surface area (TPSA) is 50.8 Å². The van der Waals surface area contributed by atoms with Crippen LogP contribution in [0, 0.1) is 0 Å². The first-order valence-electron chi connectivity index (χ1n) is 9.12. The van der Waals surface area contributed by atoms with Crippen molar-refractivity contribution in [3.05, 3.63) is 58.2 Å². The van der Waals surface area contributed by atoms with E-state index in [1.165, 1.54) is 4.90 Å². The number of ether oxygens (including phenoxy) is 2. The summed E-state index contributed by atoms with van der Waals surface area (Å²) in [6.07, 6.45) is 3.32. The SMILES string of the molecule is CCc1ccccc1N1C(=O)/C(=C\c2cc(Cl)c3c(c2)OCCCO3)NC1=S. The van der Waals surface area contributed by atoms with Crippen LogP contribution >= 0.6 is 23.8 Å². The monoisotopic (exact) mass is 414 g/mol. The molecule has 0 atom stereocenters. The molecule has 2 aliphatic rings. The number of para-hydroxylation sites is 1. The maximum Gasteiger partial charge on any atom is 0.281 e. The third kappa shape index (κ3) is 3.45. The molecule has 2 aromatic carbocycles. The molecule has 2 aliphatic heterocycles. The first-order valence-corrected chi connectivity index (χ1v) is 9.91. The lowest BCUT2D eigenvalue weighted by Gasteiger charge is -2.17. The lowest BCUT2D eigenvalue weighted by atomic mass is 10.1. The van der Waals surface area contributed by atoms with Crippen molar-refractivity contribution in [2.75, 3.05) is 18.1 Å². The van der Waals surface area contributed by atoms with Crippen LogP contribution < -0.4 is 19.7 Å². The third-order valence-electron chi connectivity index (χ3n) is 4.63. The van der Waals surface area contributed by atoms with Gasteiger partial charge in [-0.25, -0.2) is 0 Å². The summed E-state index contributed by atoms with van der Waals surface area (Å²) in [5, 5.41) is 3.83. The van der Waals surface area contributed by atoms with Crippen molar-refractivity contribution < 1.29 is 14.3 Å². The van der Waals surface area contributed by atoms with Gasteiger partial charge in [0.1, 0.15) is 5.70 Å². The lowest BCUT2D eigenvalue weighted by Crippen LogP contribution is -2.31. The zero-order valence-corrected chi connectivity index (χ0v) is 16.9. The number of halogens is 1. The van der Waals surface area contributed by atoms with Crippen LogP contribution in [0.15, 0.2) is 42.1 Å². The molecule has 0 aromatic heterocycles. The predicted octanol–water partition coefficient (Wildman–Crippen LogP) is 4.33. The summed E-state index contributed by atoms with van der Waals surface area (Å²) in [5.41, 5.74) is 2.98. The summed E-state index contributed by atoms with van der Waals surface area (Å²) in [6, 6.07) is 11.3. The van der Waals surface area contributed by atoms with E-state index in [2.05, 4.69) is 5.32 Å². The Kier molecular flexibility index (Phi) is 5.24. The molecule has 0 saturated carbocycles. The van der Waals surface area contributed by atoms with Crippen molar-refractivity contribution in [1.82, 2.24) is 5.32 Å². The fraction of sp³-hybridized carbons (Fsp3) is 0.238. The molecule has 0 spiro atoms. The molecule has 144 valence electrons. The highest BCUT2D eigenvalue weighted by molar-refractivity contribution is 7.80. The minimum absolute atomic E-state index is 0.200. The van der Waals surface area contributed by atoms with Gasteiger partial charge in [0.05, 0.1) is 23.9 Å². The van der Waals surface area contributed by atoms with E-state index in [1.807, 2.05) is 37.3 Å². The minimum Gasteiger partial charge on any atom is -0.489 e. The molecule has 0 aliphatic carbocycles. The standard InChI is InChI=1S/C21H19ClN2O3S/c1-2-14-6-3-4-7-17(14)24-20(25)16(23-21(24)28)11-13-10-15(22)19-18(12-13)26-8-5-9-27-19/h3-4,6-7,10-12H,2,5,8-9H2,1H3,(H,23,28)/b16-11+. The number of fused-ring (bicyclic) bond motifs is 1. The number of hydrogen-bond acceptors (Lipinski definition) is 4. The van der Waals surface area contributed by atoms with Gasteiger partial charge in [0.25, 0.3) is 5.91 Å². The number of hydrogen-bond donors (Lipinski definition) is 1. The fourth-order valence-corrected chi connectivity index (χ4v) is 3.85. The van der Waals surface area contributed by atoms with Gasteiger partial charge in [-0.1, -0.05) is 36.7 Å². The van der Waals surface area contributed by atoms with Crippen molar-refractivity contribution in [3.63, 3.8) is 0 Å². The molecular weight excluding hydrogens is 396 g/mol. The first kappa shape index (κ1) is 18.8. The summed E-state index contributed by atoms with van der Waals surface area (Å²) in [6.45, 7) is 3.17. The predicted molar refractivity (Wildman–Crippen MR) is 114 cm³/mol. The van der Waals surface area contributed by atoms with E-state index in [0.717, 1.165) is 29.7 Å². The number of nitrogens with zero attached hydrogens (tertiary/aromatic N) is 1. The first-order chi connectivity index (χ1) is 13.6. The van der Waals surface area contributed by atoms with Crippen LogP contribution in [0.1, 0.15) is 24.5 Å². The Balaban J connectivity index is 1.68. The average molecular weight is 415 g/mol. The summed E-state index contributed by atoms with van der Waals surface area (Å²) >= 11 is 11.8. The van der Waals surface area contributed by atoms with Crippen LogP contribution in [0.25, 0.3) is 6.08 Å². The average Bonchev–Trinajstić information content (AvgIpc) is 2.85. The quantitative estimate of drug-likeness (QED) is 0.598. The molecule has 5 nitrogen and oxygen atoms in total. The number of benzene rings is 2. The Morgan fingerprint density at radius 2 is 2.04 bits per heavy atom. The van der Waals surface area contributed by atoms with Gasteiger partial charge in [0.2, 0.25) is 0 Å². The third-order valence-corrected chi connectivity index (χ3v) is 5.19. The Bertz CT molecular complexity index is 990. The molecule has 2 heterocycles. The lowest BCUT2D eigenvalue weighted by molar-refractivity contribution is -0.113. The van der Waals surface area contributed by atoms with E-state index >= 15 is 0 Å². The number of thiocarbonyl (C=S) groups is 1. The normalized spacial score (nSPS) is 17.6. The molecule has 0 bridgehead atoms. The number of nitrogens with one attached hydrogen (secondary N) is 1. The van der Waals surface area contributed by atoms with Crippen molar-refractivity contribution in [2.24, 2.45) is 0 Å². The summed E-state index contributed by atoms with van der Waals surface area (Å²) in [7, 11) is 0. The second kappa shape index (κ2) is 7.81. The summed E-state index contributed by atoms with van der Waals surface area (Å²) in [5.74, 6) is 0.924. The van der Waals surface area contributed by atoms with E-state index in [-0.39, 0.29) is 5.91 Å². The van der Waals surface area contributed by atoms with Gasteiger partial charge in [-0.05, 0) is 54.0 Å². The Labute approximate surface area is 173 Å². The Morgan fingerprint density at radius 3 is 2.86 bits per heavy atom. The van der Waals surface area contributed by atoms with Crippen LogP contribution in [0.3, 0.4) is 0 Å². The molecular formula is C21H19ClN2O3S. The van der Waals surface area contributed by atoms with Gasteiger partial charge < -0.3 is 14.8 Å². The van der Waals surface area contributed by atoms with Gasteiger partial charge in [-0.3, -0.25) is 9.69 Å². The molecule has 7 heteroatoms. The smallest absolute Gasteiger partial charge is 0.281 e. The molecule has 0 unspecified atom stereocenters. The zero-order valence-electron chi connectivity index (χ0n) is 15.3. The van der Waals surface area contributed by atoms with E-state index < -0.39 is 0 Å². The van der Waals surface area contributed by atoms with Crippen LogP contribution in [-0.4, -0.2) is 24.2 Å². The summed E-state index contributed by atoms with van der Waals surface area (Å²) in [4.78, 5) is 14.6. The Hall–Kier alpha value is -2.57. The van der Waals surface area contributed by atoms with Gasteiger partial charge in [0, 0.05) is 6.42 Å². The van der Waals surface area contributed by atoms with Crippen molar-refractivity contribution in [2.45, 2.75) is 19.8 Å². The van der Waals surface area contributed by atoms with Crippen molar-refractivity contribution >= 4 is 46.6 Å². The van der Waals surface area contributed by atoms with Crippen molar-refractivity contribution in [1.29, 1.82) is 0 Å². The number of rotatable bonds is 3. The maximum atomic E-state index is 13.0. The molecule has 28 heavy (non-hydrogen) atoms. The second-order valence-electron chi connectivity index (χ2n) is 6.49. The molecule has 0 radical (unpaired) electrons. The highest BCUT2D eigenvalue weighted by atomic mass is 35.5. The minimum atomic E-state index is -0.200. The van der Waals surface area contributed by atoms with E-state index in [1.54, 1.807) is 12.1 Å². The van der Waals surface area contributed by atoms with E-state index in [4.69, 9.17) is 33.3 Å². The van der Waals surface area contributed by atoms with Gasteiger partial charge >= 0.3 is 0 Å². The molecule has 1 amide bonds. The van der Waals surface area contributed by atoms with Crippen LogP contribution in [0.5, 0.6) is 11.5 Å². The summed E-state index contributed by atoms with van der Waals surface area (Å²) < 4.78 is 11.4. The number of aryl methyl sites for hydroxylation is 1. The maximum absolute atomic E-state index is 13.0. The van der Waals surface area contributed by atoms with E-state index in [0.29, 0.717) is 40.5 Å². The van der Waals surface area contributed by atoms with Gasteiger partial charge in [0.15, 0.2) is 16.6 Å². The van der Waals surface area contributed by atoms with Crippen LogP contribution in [0.2, 0.25) is 5.02 Å². The van der Waals surface area contributed by atoms with Gasteiger partial charge in [-0.2, -0.15) is 0 Å². The second-order valence-corrected chi connectivity index (χ2v) is 7.29. The van der Waals surface area contributed by atoms with Crippen molar-refractivity contribution in [3.8, 4) is 11.5 Å². The number of anilines is 1. The van der Waals surface area contributed by atoms with Crippen LogP contribution in [-0.2, 0) is 11.2 Å². The van der Waals surface area contributed by atoms with Gasteiger partial charge in [-0.15, -0.1) is 0 Å². The zero-order chi connectivity index (χ0) is 19.7. The number of carbonyl (C=O) groups is 1. The Morgan fingerprint density at radius 1 is 1.25 bits per heavy atom. The highest BCUT2D eigenvalue weighted by Crippen LogP contribution is 2.38. The molecule has 1 N–H and O–H groups in total. The highest BCUT2D eigenvalue weighted by Gasteiger charge is 2.33. The molecule has 1 fully saturated rings.